The molecule has 0 saturated carbocycles. The number of piperazine rings is 1. The third-order valence-corrected chi connectivity index (χ3v) is 6.55. The summed E-state index contributed by atoms with van der Waals surface area (Å²) in [4.78, 5) is 26.4. The van der Waals surface area contributed by atoms with Gasteiger partial charge in [-0.1, -0.05) is 48.5 Å². The SMILES string of the molecule is O=C(CCC(=O)N1CCN(S(=O)(=O)c2ccccc2)CC1)c1ccccc1. The maximum absolute atomic E-state index is 12.6. The maximum Gasteiger partial charge on any atom is 0.243 e. The quantitative estimate of drug-likeness (QED) is 0.713. The average Bonchev–Trinajstić information content (AvgIpc) is 2.73. The largest absolute Gasteiger partial charge is 0.340 e. The standard InChI is InChI=1S/C20H22N2O4S/c23-19(17-7-3-1-4-8-17)11-12-20(24)21-13-15-22(16-14-21)27(25,26)18-9-5-2-6-10-18/h1-10H,11-16H2. The van der Waals surface area contributed by atoms with E-state index in [-0.39, 0.29) is 42.5 Å². The van der Waals surface area contributed by atoms with Crippen LogP contribution in [0.5, 0.6) is 0 Å². The van der Waals surface area contributed by atoms with E-state index in [0.29, 0.717) is 18.7 Å². The molecule has 0 spiro atoms. The Morgan fingerprint density at radius 3 is 1.93 bits per heavy atom. The highest BCUT2D eigenvalue weighted by molar-refractivity contribution is 7.89. The van der Waals surface area contributed by atoms with Crippen LogP contribution in [-0.4, -0.2) is 55.5 Å². The molecule has 0 atom stereocenters. The minimum Gasteiger partial charge on any atom is -0.340 e. The topological polar surface area (TPSA) is 74.8 Å². The van der Waals surface area contributed by atoms with Gasteiger partial charge in [0.15, 0.2) is 5.78 Å². The number of Topliss-reactive ketones (excluding diaryl/α,β-unsaturated/α-hetero) is 1. The molecule has 3 rings (SSSR count). The first-order valence-corrected chi connectivity index (χ1v) is 10.3. The fraction of sp³-hybridized carbons (Fsp3) is 0.300. The van der Waals surface area contributed by atoms with E-state index in [9.17, 15) is 18.0 Å². The molecule has 142 valence electrons. The third-order valence-electron chi connectivity index (χ3n) is 4.63. The zero-order valence-corrected chi connectivity index (χ0v) is 15.8. The molecule has 6 nitrogen and oxygen atoms in total. The summed E-state index contributed by atoms with van der Waals surface area (Å²) in [5.74, 6) is -0.176. The normalized spacial score (nSPS) is 15.5. The second-order valence-electron chi connectivity index (χ2n) is 6.39. The first-order chi connectivity index (χ1) is 13.0. The van der Waals surface area contributed by atoms with Crippen molar-refractivity contribution in [1.29, 1.82) is 0 Å². The molecular formula is C20H22N2O4S. The van der Waals surface area contributed by atoms with Crippen LogP contribution in [0, 0.1) is 0 Å². The molecule has 0 aromatic heterocycles. The molecule has 2 aromatic carbocycles. The summed E-state index contributed by atoms with van der Waals surface area (Å²) >= 11 is 0. The fourth-order valence-corrected chi connectivity index (χ4v) is 4.51. The summed E-state index contributed by atoms with van der Waals surface area (Å²) in [5.41, 5.74) is 0.601. The molecule has 1 heterocycles. The molecule has 0 radical (unpaired) electrons. The Morgan fingerprint density at radius 2 is 1.33 bits per heavy atom. The van der Waals surface area contributed by atoms with Crippen LogP contribution in [0.4, 0.5) is 0 Å². The first kappa shape index (κ1) is 19.3. The molecule has 2 aromatic rings. The Kier molecular flexibility index (Phi) is 6.03. The average molecular weight is 386 g/mol. The van der Waals surface area contributed by atoms with Gasteiger partial charge in [0, 0.05) is 44.6 Å². The van der Waals surface area contributed by atoms with Crippen molar-refractivity contribution in [2.75, 3.05) is 26.2 Å². The summed E-state index contributed by atoms with van der Waals surface area (Å²) in [6.07, 6.45) is 0.296. The second-order valence-corrected chi connectivity index (χ2v) is 8.33. The van der Waals surface area contributed by atoms with Crippen LogP contribution in [0.1, 0.15) is 23.2 Å². The van der Waals surface area contributed by atoms with E-state index < -0.39 is 10.0 Å². The van der Waals surface area contributed by atoms with E-state index in [4.69, 9.17) is 0 Å². The number of nitrogens with zero attached hydrogens (tertiary/aromatic N) is 2. The van der Waals surface area contributed by atoms with Crippen LogP contribution >= 0.6 is 0 Å². The van der Waals surface area contributed by atoms with Crippen molar-refractivity contribution in [2.24, 2.45) is 0 Å². The van der Waals surface area contributed by atoms with Gasteiger partial charge in [-0.25, -0.2) is 8.42 Å². The van der Waals surface area contributed by atoms with Crippen LogP contribution in [0.15, 0.2) is 65.6 Å². The highest BCUT2D eigenvalue weighted by atomic mass is 32.2. The van der Waals surface area contributed by atoms with Gasteiger partial charge in [-0.3, -0.25) is 9.59 Å². The van der Waals surface area contributed by atoms with Gasteiger partial charge in [0.1, 0.15) is 0 Å². The van der Waals surface area contributed by atoms with E-state index in [2.05, 4.69) is 0 Å². The highest BCUT2D eigenvalue weighted by Crippen LogP contribution is 2.18. The maximum atomic E-state index is 12.6. The van der Waals surface area contributed by atoms with Gasteiger partial charge in [0.05, 0.1) is 4.90 Å². The number of sulfonamides is 1. The lowest BCUT2D eigenvalue weighted by Gasteiger charge is -2.34. The molecule has 1 aliphatic rings. The van der Waals surface area contributed by atoms with Crippen LogP contribution in [0.3, 0.4) is 0 Å². The number of carbonyl (C=O) groups is 2. The van der Waals surface area contributed by atoms with Gasteiger partial charge in [-0.05, 0) is 12.1 Å². The van der Waals surface area contributed by atoms with Crippen molar-refractivity contribution < 1.29 is 18.0 Å². The Morgan fingerprint density at radius 1 is 0.778 bits per heavy atom. The summed E-state index contributed by atoms with van der Waals surface area (Å²) in [6.45, 7) is 1.19. The van der Waals surface area contributed by atoms with E-state index >= 15 is 0 Å². The van der Waals surface area contributed by atoms with Crippen molar-refractivity contribution in [2.45, 2.75) is 17.7 Å². The molecule has 0 N–H and O–H groups in total. The lowest BCUT2D eigenvalue weighted by molar-refractivity contribution is -0.132. The Hall–Kier alpha value is -2.51. The van der Waals surface area contributed by atoms with E-state index in [1.165, 1.54) is 4.31 Å². The Bertz CT molecular complexity index is 890. The molecule has 1 amide bonds. The number of rotatable bonds is 6. The summed E-state index contributed by atoms with van der Waals surface area (Å²) in [7, 11) is -3.53. The molecule has 7 heteroatoms. The summed E-state index contributed by atoms with van der Waals surface area (Å²) in [5, 5.41) is 0. The number of amides is 1. The van der Waals surface area contributed by atoms with E-state index in [0.717, 1.165) is 0 Å². The lowest BCUT2D eigenvalue weighted by atomic mass is 10.1. The number of carbonyl (C=O) groups excluding carboxylic acids is 2. The van der Waals surface area contributed by atoms with Crippen LogP contribution < -0.4 is 0 Å². The third kappa shape index (κ3) is 4.61. The van der Waals surface area contributed by atoms with Crippen molar-refractivity contribution in [3.8, 4) is 0 Å². The van der Waals surface area contributed by atoms with Crippen molar-refractivity contribution in [3.05, 3.63) is 66.2 Å². The smallest absolute Gasteiger partial charge is 0.243 e. The molecule has 27 heavy (non-hydrogen) atoms. The monoisotopic (exact) mass is 386 g/mol. The summed E-state index contributed by atoms with van der Waals surface area (Å²) < 4.78 is 26.6. The lowest BCUT2D eigenvalue weighted by Crippen LogP contribution is -2.50. The van der Waals surface area contributed by atoms with Gasteiger partial charge in [-0.15, -0.1) is 0 Å². The predicted octanol–water partition coefficient (Wildman–Crippen LogP) is 2.18. The Balaban J connectivity index is 1.51. The number of benzene rings is 2. The second kappa shape index (κ2) is 8.45. The zero-order valence-electron chi connectivity index (χ0n) is 15.0. The van der Waals surface area contributed by atoms with E-state index in [1.54, 1.807) is 59.5 Å². The molecular weight excluding hydrogens is 364 g/mol. The molecule has 0 aliphatic carbocycles. The zero-order chi connectivity index (χ0) is 19.3. The molecule has 1 fully saturated rings. The highest BCUT2D eigenvalue weighted by Gasteiger charge is 2.29. The van der Waals surface area contributed by atoms with Gasteiger partial charge in [0.25, 0.3) is 0 Å². The van der Waals surface area contributed by atoms with Gasteiger partial charge in [0.2, 0.25) is 15.9 Å². The number of ketones is 1. The minimum absolute atomic E-state index is 0.0609. The van der Waals surface area contributed by atoms with Gasteiger partial charge >= 0.3 is 0 Å². The van der Waals surface area contributed by atoms with Crippen molar-refractivity contribution >= 4 is 21.7 Å². The van der Waals surface area contributed by atoms with Gasteiger partial charge in [-0.2, -0.15) is 4.31 Å². The van der Waals surface area contributed by atoms with Crippen molar-refractivity contribution in [1.82, 2.24) is 9.21 Å². The Labute approximate surface area is 159 Å². The molecule has 1 saturated heterocycles. The van der Waals surface area contributed by atoms with Crippen LogP contribution in [0.25, 0.3) is 0 Å². The minimum atomic E-state index is -3.53. The van der Waals surface area contributed by atoms with Gasteiger partial charge < -0.3 is 4.90 Å². The van der Waals surface area contributed by atoms with Crippen molar-refractivity contribution in [3.63, 3.8) is 0 Å². The number of hydrogen-bond donors (Lipinski definition) is 0. The molecule has 1 aliphatic heterocycles. The van der Waals surface area contributed by atoms with E-state index in [1.807, 2.05) is 6.07 Å². The van der Waals surface area contributed by atoms with Crippen LogP contribution in [0.2, 0.25) is 0 Å². The summed E-state index contributed by atoms with van der Waals surface area (Å²) in [6, 6.07) is 17.2. The first-order valence-electron chi connectivity index (χ1n) is 8.90. The number of hydrogen-bond acceptors (Lipinski definition) is 4. The van der Waals surface area contributed by atoms with Crippen LogP contribution in [-0.2, 0) is 14.8 Å². The fourth-order valence-electron chi connectivity index (χ4n) is 3.07. The molecule has 0 unspecified atom stereocenters. The molecule has 0 bridgehead atoms. The predicted molar refractivity (Wildman–Crippen MR) is 102 cm³/mol.